The van der Waals surface area contributed by atoms with Gasteiger partial charge in [0.2, 0.25) is 5.91 Å². The number of benzene rings is 1. The summed E-state index contributed by atoms with van der Waals surface area (Å²) in [5, 5.41) is 9.74. The number of carbonyl (C=O) groups is 1. The van der Waals surface area contributed by atoms with E-state index in [1.165, 1.54) is 5.56 Å². The van der Waals surface area contributed by atoms with Crippen molar-refractivity contribution in [2.24, 2.45) is 11.3 Å². The standard InChI is InChI=1S/C21H32N2O2/c1-17(24)19-8-12-23(13-9-19)20(25)21(2)10-14-22(15-11-21)16-18-6-4-3-5-7-18/h3-7,17,19,24H,8-16H2,1-2H3/t17-/m1/s1. The zero-order valence-corrected chi connectivity index (χ0v) is 15.7. The van der Waals surface area contributed by atoms with E-state index < -0.39 is 0 Å². The van der Waals surface area contributed by atoms with E-state index in [1.807, 2.05) is 11.8 Å². The lowest BCUT2D eigenvalue weighted by Gasteiger charge is -2.43. The molecule has 25 heavy (non-hydrogen) atoms. The van der Waals surface area contributed by atoms with Crippen molar-refractivity contribution >= 4 is 5.91 Å². The van der Waals surface area contributed by atoms with Crippen molar-refractivity contribution in [1.82, 2.24) is 9.80 Å². The maximum absolute atomic E-state index is 13.1. The molecule has 0 radical (unpaired) electrons. The van der Waals surface area contributed by atoms with Crippen LogP contribution in [0.3, 0.4) is 0 Å². The minimum Gasteiger partial charge on any atom is -0.393 e. The number of hydrogen-bond acceptors (Lipinski definition) is 3. The van der Waals surface area contributed by atoms with Gasteiger partial charge in [-0.2, -0.15) is 0 Å². The first-order chi connectivity index (χ1) is 12.0. The fourth-order valence-corrected chi connectivity index (χ4v) is 4.23. The van der Waals surface area contributed by atoms with Gasteiger partial charge < -0.3 is 10.0 Å². The van der Waals surface area contributed by atoms with Gasteiger partial charge in [0.25, 0.3) is 0 Å². The van der Waals surface area contributed by atoms with E-state index in [2.05, 4.69) is 42.2 Å². The molecule has 2 saturated heterocycles. The molecule has 0 spiro atoms. The summed E-state index contributed by atoms with van der Waals surface area (Å²) in [7, 11) is 0. The van der Waals surface area contributed by atoms with Gasteiger partial charge in [0.15, 0.2) is 0 Å². The third-order valence-electron chi connectivity index (χ3n) is 6.23. The number of amides is 1. The molecule has 0 bridgehead atoms. The fraction of sp³-hybridized carbons (Fsp3) is 0.667. The van der Waals surface area contributed by atoms with E-state index in [1.54, 1.807) is 0 Å². The molecule has 4 nitrogen and oxygen atoms in total. The third kappa shape index (κ3) is 4.42. The SMILES string of the molecule is C[C@@H](O)C1CCN(C(=O)C2(C)CCN(Cc3ccccc3)CC2)CC1. The topological polar surface area (TPSA) is 43.8 Å². The third-order valence-corrected chi connectivity index (χ3v) is 6.23. The van der Waals surface area contributed by atoms with Crippen LogP contribution in [-0.2, 0) is 11.3 Å². The summed E-state index contributed by atoms with van der Waals surface area (Å²) in [6.07, 6.45) is 3.48. The Morgan fingerprint density at radius 3 is 2.32 bits per heavy atom. The lowest BCUT2D eigenvalue weighted by Crippen LogP contribution is -2.51. The van der Waals surface area contributed by atoms with Gasteiger partial charge >= 0.3 is 0 Å². The Morgan fingerprint density at radius 2 is 1.76 bits per heavy atom. The first-order valence-corrected chi connectivity index (χ1v) is 9.72. The summed E-state index contributed by atoms with van der Waals surface area (Å²) in [4.78, 5) is 17.6. The summed E-state index contributed by atoms with van der Waals surface area (Å²) < 4.78 is 0. The fourth-order valence-electron chi connectivity index (χ4n) is 4.23. The predicted octanol–water partition coefficient (Wildman–Crippen LogP) is 2.91. The molecule has 3 rings (SSSR count). The van der Waals surface area contributed by atoms with Crippen molar-refractivity contribution in [1.29, 1.82) is 0 Å². The minimum absolute atomic E-state index is 0.217. The lowest BCUT2D eigenvalue weighted by molar-refractivity contribution is -0.146. The zero-order chi connectivity index (χ0) is 17.9. The highest BCUT2D eigenvalue weighted by atomic mass is 16.3. The molecule has 2 fully saturated rings. The van der Waals surface area contributed by atoms with Crippen molar-refractivity contribution in [3.05, 3.63) is 35.9 Å². The Balaban J connectivity index is 1.51. The zero-order valence-electron chi connectivity index (χ0n) is 15.7. The number of nitrogens with zero attached hydrogens (tertiary/aromatic N) is 2. The molecule has 1 N–H and O–H groups in total. The molecule has 4 heteroatoms. The Kier molecular flexibility index (Phi) is 5.80. The van der Waals surface area contributed by atoms with Crippen LogP contribution >= 0.6 is 0 Å². The van der Waals surface area contributed by atoms with Crippen LogP contribution in [0.1, 0.15) is 45.1 Å². The number of hydrogen-bond donors (Lipinski definition) is 1. The van der Waals surface area contributed by atoms with E-state index in [0.29, 0.717) is 11.8 Å². The molecule has 0 aromatic heterocycles. The first kappa shape index (κ1) is 18.4. The monoisotopic (exact) mass is 344 g/mol. The van der Waals surface area contributed by atoms with Crippen LogP contribution in [0.4, 0.5) is 0 Å². The first-order valence-electron chi connectivity index (χ1n) is 9.72. The average molecular weight is 344 g/mol. The predicted molar refractivity (Wildman–Crippen MR) is 100 cm³/mol. The molecule has 0 saturated carbocycles. The van der Waals surface area contributed by atoms with Crippen LogP contribution in [0.15, 0.2) is 30.3 Å². The van der Waals surface area contributed by atoms with Crippen molar-refractivity contribution in [2.45, 2.75) is 52.2 Å². The smallest absolute Gasteiger partial charge is 0.228 e. The van der Waals surface area contributed by atoms with Crippen molar-refractivity contribution in [3.8, 4) is 0 Å². The highest BCUT2D eigenvalue weighted by molar-refractivity contribution is 5.82. The highest BCUT2D eigenvalue weighted by Crippen LogP contribution is 2.35. The van der Waals surface area contributed by atoms with Gasteiger partial charge in [0, 0.05) is 25.0 Å². The molecule has 1 amide bonds. The van der Waals surface area contributed by atoms with Gasteiger partial charge in [0.1, 0.15) is 0 Å². The molecule has 2 heterocycles. The summed E-state index contributed by atoms with van der Waals surface area (Å²) in [6, 6.07) is 10.6. The van der Waals surface area contributed by atoms with Crippen molar-refractivity contribution < 1.29 is 9.90 Å². The Labute approximate surface area is 151 Å². The molecule has 0 aliphatic carbocycles. The Bertz CT molecular complexity index is 557. The lowest BCUT2D eigenvalue weighted by atomic mass is 9.78. The highest BCUT2D eigenvalue weighted by Gasteiger charge is 2.40. The second-order valence-electron chi connectivity index (χ2n) is 8.19. The van der Waals surface area contributed by atoms with Gasteiger partial charge in [0.05, 0.1) is 6.10 Å². The minimum atomic E-state index is -0.255. The van der Waals surface area contributed by atoms with Crippen LogP contribution in [-0.4, -0.2) is 53.1 Å². The number of aliphatic hydroxyl groups is 1. The van der Waals surface area contributed by atoms with Gasteiger partial charge in [-0.25, -0.2) is 0 Å². The Hall–Kier alpha value is -1.39. The van der Waals surface area contributed by atoms with Gasteiger partial charge in [-0.05, 0) is 57.2 Å². The number of piperidine rings is 2. The Morgan fingerprint density at radius 1 is 1.16 bits per heavy atom. The van der Waals surface area contributed by atoms with Crippen LogP contribution in [0.25, 0.3) is 0 Å². The van der Waals surface area contributed by atoms with E-state index in [4.69, 9.17) is 0 Å². The number of rotatable bonds is 4. The number of aliphatic hydroxyl groups excluding tert-OH is 1. The maximum Gasteiger partial charge on any atom is 0.228 e. The number of likely N-dealkylation sites (tertiary alicyclic amines) is 2. The molecule has 138 valence electrons. The molecule has 2 aliphatic rings. The van der Waals surface area contributed by atoms with Crippen LogP contribution in [0.2, 0.25) is 0 Å². The quantitative estimate of drug-likeness (QED) is 0.913. The molecule has 1 aromatic carbocycles. The molecule has 0 unspecified atom stereocenters. The molecule has 1 aromatic rings. The largest absolute Gasteiger partial charge is 0.393 e. The van der Waals surface area contributed by atoms with Crippen molar-refractivity contribution in [3.63, 3.8) is 0 Å². The summed E-state index contributed by atoms with van der Waals surface area (Å²) in [5.41, 5.74) is 1.13. The molecular formula is C21H32N2O2. The van der Waals surface area contributed by atoms with Gasteiger partial charge in [-0.3, -0.25) is 9.69 Å². The summed E-state index contributed by atoms with van der Waals surface area (Å²) >= 11 is 0. The molecular weight excluding hydrogens is 312 g/mol. The van der Waals surface area contributed by atoms with Gasteiger partial charge in [-0.1, -0.05) is 37.3 Å². The molecule has 1 atom stereocenters. The van der Waals surface area contributed by atoms with Crippen molar-refractivity contribution in [2.75, 3.05) is 26.2 Å². The normalized spacial score (nSPS) is 23.4. The van der Waals surface area contributed by atoms with Crippen LogP contribution in [0.5, 0.6) is 0 Å². The summed E-state index contributed by atoms with van der Waals surface area (Å²) in [5.74, 6) is 0.681. The summed E-state index contributed by atoms with van der Waals surface area (Å²) in [6.45, 7) is 8.57. The number of carbonyl (C=O) groups excluding carboxylic acids is 1. The molecule has 2 aliphatic heterocycles. The van der Waals surface area contributed by atoms with Crippen LogP contribution in [0, 0.1) is 11.3 Å². The average Bonchev–Trinajstić information content (AvgIpc) is 2.64. The van der Waals surface area contributed by atoms with Gasteiger partial charge in [-0.15, -0.1) is 0 Å². The maximum atomic E-state index is 13.1. The second-order valence-corrected chi connectivity index (χ2v) is 8.19. The van der Waals surface area contributed by atoms with E-state index >= 15 is 0 Å². The van der Waals surface area contributed by atoms with E-state index in [-0.39, 0.29) is 11.5 Å². The second kappa shape index (κ2) is 7.88. The van der Waals surface area contributed by atoms with E-state index in [9.17, 15) is 9.90 Å². The van der Waals surface area contributed by atoms with Crippen LogP contribution < -0.4 is 0 Å². The van der Waals surface area contributed by atoms with E-state index in [0.717, 1.165) is 58.4 Å².